The van der Waals surface area contributed by atoms with E-state index in [-0.39, 0.29) is 22.8 Å². The Balaban J connectivity index is 2.61. The van der Waals surface area contributed by atoms with Gasteiger partial charge in [0.2, 0.25) is 0 Å². The molecule has 0 spiro atoms. The van der Waals surface area contributed by atoms with Gasteiger partial charge < -0.3 is 9.47 Å². The van der Waals surface area contributed by atoms with Crippen LogP contribution in [0.25, 0.3) is 0 Å². The lowest BCUT2D eigenvalue weighted by Gasteiger charge is -2.25. The second kappa shape index (κ2) is 8.68. The number of carbonyl (C=O) groups is 2. The van der Waals surface area contributed by atoms with Gasteiger partial charge in [-0.25, -0.2) is 13.2 Å². The number of nitrogens with zero attached hydrogens (tertiary/aromatic N) is 1. The molecule has 27 heavy (non-hydrogen) atoms. The fourth-order valence-corrected chi connectivity index (χ4v) is 4.01. The van der Waals surface area contributed by atoms with Crippen molar-refractivity contribution in [1.82, 2.24) is 0 Å². The van der Waals surface area contributed by atoms with E-state index in [1.165, 1.54) is 25.3 Å². The molecule has 144 valence electrons. The van der Waals surface area contributed by atoms with Gasteiger partial charge in [0.05, 0.1) is 29.9 Å². The van der Waals surface area contributed by atoms with Crippen LogP contribution in [0.4, 0.5) is 5.69 Å². The molecule has 7 nitrogen and oxygen atoms in total. The van der Waals surface area contributed by atoms with Crippen molar-refractivity contribution in [2.75, 3.05) is 24.6 Å². The molecule has 0 radical (unpaired) electrons. The Hall–Kier alpha value is -2.87. The van der Waals surface area contributed by atoms with Crippen molar-refractivity contribution in [1.29, 1.82) is 0 Å². The Morgan fingerprint density at radius 3 is 2.30 bits per heavy atom. The average Bonchev–Trinajstić information content (AvgIpc) is 2.67. The molecule has 0 aliphatic heterocycles. The number of carbonyl (C=O) groups excluding carboxylic acids is 2. The number of sulfonamides is 1. The summed E-state index contributed by atoms with van der Waals surface area (Å²) >= 11 is 0. The molecule has 0 bridgehead atoms. The van der Waals surface area contributed by atoms with Crippen molar-refractivity contribution in [2.45, 2.75) is 18.7 Å². The van der Waals surface area contributed by atoms with Gasteiger partial charge in [-0.05, 0) is 43.7 Å². The van der Waals surface area contributed by atoms with E-state index in [9.17, 15) is 18.0 Å². The lowest BCUT2D eigenvalue weighted by atomic mass is 10.1. The van der Waals surface area contributed by atoms with Gasteiger partial charge in [0.1, 0.15) is 6.54 Å². The van der Waals surface area contributed by atoms with E-state index in [1.54, 1.807) is 44.2 Å². The Morgan fingerprint density at radius 1 is 1.04 bits per heavy atom. The second-order valence-corrected chi connectivity index (χ2v) is 7.43. The summed E-state index contributed by atoms with van der Waals surface area (Å²) in [5, 5.41) is 0. The van der Waals surface area contributed by atoms with E-state index in [1.807, 2.05) is 0 Å². The highest BCUT2D eigenvalue weighted by atomic mass is 32.2. The summed E-state index contributed by atoms with van der Waals surface area (Å²) < 4.78 is 36.9. The zero-order chi connectivity index (χ0) is 20.0. The van der Waals surface area contributed by atoms with Crippen LogP contribution in [-0.4, -0.2) is 40.6 Å². The van der Waals surface area contributed by atoms with Gasteiger partial charge in [0.25, 0.3) is 10.0 Å². The molecule has 0 N–H and O–H groups in total. The van der Waals surface area contributed by atoms with Crippen molar-refractivity contribution in [3.8, 4) is 0 Å². The smallest absolute Gasteiger partial charge is 0.338 e. The van der Waals surface area contributed by atoms with Crippen LogP contribution < -0.4 is 4.31 Å². The Kier molecular flexibility index (Phi) is 6.57. The minimum Gasteiger partial charge on any atom is -0.468 e. The second-order valence-electron chi connectivity index (χ2n) is 5.57. The first-order chi connectivity index (χ1) is 12.8. The number of anilines is 1. The van der Waals surface area contributed by atoms with Crippen LogP contribution in [0.15, 0.2) is 53.4 Å². The van der Waals surface area contributed by atoms with Crippen LogP contribution in [0.5, 0.6) is 0 Å². The maximum atomic E-state index is 13.1. The molecule has 0 aliphatic carbocycles. The third-order valence-electron chi connectivity index (χ3n) is 3.90. The monoisotopic (exact) mass is 391 g/mol. The van der Waals surface area contributed by atoms with Crippen molar-refractivity contribution >= 4 is 27.6 Å². The van der Waals surface area contributed by atoms with Gasteiger partial charge in [-0.2, -0.15) is 0 Å². The van der Waals surface area contributed by atoms with Crippen molar-refractivity contribution in [2.24, 2.45) is 0 Å². The molecule has 2 rings (SSSR count). The molecular weight excluding hydrogens is 370 g/mol. The highest BCUT2D eigenvalue weighted by molar-refractivity contribution is 7.92. The molecule has 0 unspecified atom stereocenters. The first-order valence-electron chi connectivity index (χ1n) is 8.24. The Labute approximate surface area is 158 Å². The number of methoxy groups -OCH3 is 1. The van der Waals surface area contributed by atoms with Gasteiger partial charge in [-0.1, -0.05) is 24.3 Å². The quantitative estimate of drug-likeness (QED) is 0.674. The molecule has 2 aromatic carbocycles. The first kappa shape index (κ1) is 20.4. The van der Waals surface area contributed by atoms with Crippen LogP contribution in [0, 0.1) is 6.92 Å². The summed E-state index contributed by atoms with van der Waals surface area (Å²) in [6.07, 6.45) is 0. The summed E-state index contributed by atoms with van der Waals surface area (Å²) in [5.41, 5.74) is 0.821. The molecule has 2 aromatic rings. The van der Waals surface area contributed by atoms with Crippen molar-refractivity contribution in [3.05, 3.63) is 59.7 Å². The van der Waals surface area contributed by atoms with E-state index in [4.69, 9.17) is 4.74 Å². The van der Waals surface area contributed by atoms with E-state index in [2.05, 4.69) is 4.74 Å². The lowest BCUT2D eigenvalue weighted by Crippen LogP contribution is -2.37. The van der Waals surface area contributed by atoms with Crippen LogP contribution >= 0.6 is 0 Å². The number of hydrogen-bond donors (Lipinski definition) is 0. The largest absolute Gasteiger partial charge is 0.468 e. The van der Waals surface area contributed by atoms with Crippen molar-refractivity contribution in [3.63, 3.8) is 0 Å². The van der Waals surface area contributed by atoms with E-state index in [0.717, 1.165) is 4.31 Å². The predicted molar refractivity (Wildman–Crippen MR) is 100 cm³/mol. The standard InChI is InChI=1S/C19H21NO6S/c1-4-26-19(22)16-11-8-12-17(14(16)2)20(13-18(21)25-3)27(23,24)15-9-6-5-7-10-15/h5-12H,4,13H2,1-3H3. The fourth-order valence-electron chi connectivity index (χ4n) is 2.52. The number of ether oxygens (including phenoxy) is 2. The molecule has 0 saturated heterocycles. The lowest BCUT2D eigenvalue weighted by molar-refractivity contribution is -0.138. The van der Waals surface area contributed by atoms with Gasteiger partial charge in [-0.15, -0.1) is 0 Å². The first-order valence-corrected chi connectivity index (χ1v) is 9.68. The highest BCUT2D eigenvalue weighted by Gasteiger charge is 2.29. The minimum atomic E-state index is -4.06. The number of hydrogen-bond acceptors (Lipinski definition) is 6. The summed E-state index contributed by atoms with van der Waals surface area (Å²) in [6, 6.07) is 12.4. The molecule has 0 amide bonds. The number of rotatable bonds is 7. The molecule has 0 heterocycles. The van der Waals surface area contributed by atoms with Gasteiger partial charge in [-0.3, -0.25) is 9.10 Å². The summed E-state index contributed by atoms with van der Waals surface area (Å²) in [6.45, 7) is 2.95. The molecule has 0 fully saturated rings. The zero-order valence-corrected chi connectivity index (χ0v) is 16.2. The van der Waals surface area contributed by atoms with E-state index >= 15 is 0 Å². The fraction of sp³-hybridized carbons (Fsp3) is 0.263. The highest BCUT2D eigenvalue weighted by Crippen LogP contribution is 2.29. The Bertz CT molecular complexity index is 924. The van der Waals surface area contributed by atoms with Crippen LogP contribution in [0.1, 0.15) is 22.8 Å². The maximum absolute atomic E-state index is 13.1. The number of esters is 2. The third-order valence-corrected chi connectivity index (χ3v) is 5.67. The van der Waals surface area contributed by atoms with Gasteiger partial charge >= 0.3 is 11.9 Å². The third kappa shape index (κ3) is 4.46. The molecular formula is C19H21NO6S. The van der Waals surface area contributed by atoms with Crippen LogP contribution in [0.2, 0.25) is 0 Å². The zero-order valence-electron chi connectivity index (χ0n) is 15.3. The van der Waals surface area contributed by atoms with Crippen molar-refractivity contribution < 1.29 is 27.5 Å². The summed E-state index contributed by atoms with van der Waals surface area (Å²) in [4.78, 5) is 24.1. The SMILES string of the molecule is CCOC(=O)c1cccc(N(CC(=O)OC)S(=O)(=O)c2ccccc2)c1C. The molecule has 0 saturated carbocycles. The summed E-state index contributed by atoms with van der Waals surface area (Å²) in [5.74, 6) is -1.29. The van der Waals surface area contributed by atoms with Crippen LogP contribution in [-0.2, 0) is 24.3 Å². The topological polar surface area (TPSA) is 90.0 Å². The van der Waals surface area contributed by atoms with E-state index in [0.29, 0.717) is 5.56 Å². The minimum absolute atomic E-state index is 0.0230. The van der Waals surface area contributed by atoms with E-state index < -0.39 is 28.5 Å². The van der Waals surface area contributed by atoms with Crippen LogP contribution in [0.3, 0.4) is 0 Å². The maximum Gasteiger partial charge on any atom is 0.338 e. The average molecular weight is 391 g/mol. The van der Waals surface area contributed by atoms with Gasteiger partial charge in [0.15, 0.2) is 0 Å². The molecule has 8 heteroatoms. The predicted octanol–water partition coefficient (Wildman–Crippen LogP) is 2.54. The molecule has 0 atom stereocenters. The van der Waals surface area contributed by atoms with Gasteiger partial charge in [0, 0.05) is 0 Å². The molecule has 0 aliphatic rings. The normalized spacial score (nSPS) is 10.9. The molecule has 0 aromatic heterocycles. The number of benzene rings is 2. The Morgan fingerprint density at radius 2 is 1.70 bits per heavy atom. The summed E-state index contributed by atoms with van der Waals surface area (Å²) in [7, 11) is -2.88.